The average molecular weight is 257 g/mol. The predicted molar refractivity (Wildman–Crippen MR) is 61.1 cm³/mol. The Labute approximate surface area is 101 Å². The van der Waals surface area contributed by atoms with Crippen molar-refractivity contribution in [1.82, 2.24) is 4.98 Å². The van der Waals surface area contributed by atoms with Gasteiger partial charge >= 0.3 is 6.18 Å². The summed E-state index contributed by atoms with van der Waals surface area (Å²) in [5.41, 5.74) is 0.860. The number of aromatic nitrogens is 1. The molecule has 0 aliphatic carbocycles. The van der Waals surface area contributed by atoms with Crippen molar-refractivity contribution in [2.45, 2.75) is 6.18 Å². The van der Waals surface area contributed by atoms with E-state index in [1.54, 1.807) is 12.1 Å². The smallest absolute Gasteiger partial charge is 0.435 e. The van der Waals surface area contributed by atoms with Gasteiger partial charge in [-0.05, 0) is 18.2 Å². The molecule has 0 amide bonds. The normalized spacial score (nSPS) is 11.6. The minimum absolute atomic E-state index is 0.195. The van der Waals surface area contributed by atoms with Crippen molar-refractivity contribution < 1.29 is 17.9 Å². The molecule has 1 heterocycles. The van der Waals surface area contributed by atoms with Gasteiger partial charge in [-0.3, -0.25) is 5.84 Å². The first-order valence-corrected chi connectivity index (χ1v) is 4.99. The van der Waals surface area contributed by atoms with Crippen molar-refractivity contribution in [2.75, 3.05) is 12.5 Å². The molecule has 0 unspecified atom stereocenters. The van der Waals surface area contributed by atoms with Gasteiger partial charge in [0.2, 0.25) is 0 Å². The zero-order valence-electron chi connectivity index (χ0n) is 9.38. The van der Waals surface area contributed by atoms with E-state index in [-0.39, 0.29) is 11.2 Å². The molecule has 0 saturated heterocycles. The lowest BCUT2D eigenvalue weighted by molar-refractivity contribution is -0.140. The van der Waals surface area contributed by atoms with Crippen LogP contribution in [0.5, 0.6) is 5.75 Å². The number of nitrogens with one attached hydrogen (secondary N) is 1. The lowest BCUT2D eigenvalue weighted by Gasteiger charge is -2.13. The summed E-state index contributed by atoms with van der Waals surface area (Å²) in [7, 11) is 1.43. The molecule has 0 bridgehead atoms. The maximum Gasteiger partial charge on any atom is 0.435 e. The molecule has 1 aromatic carbocycles. The third-order valence-electron chi connectivity index (χ3n) is 2.46. The molecule has 0 aliphatic rings. The summed E-state index contributed by atoms with van der Waals surface area (Å²) in [6, 6.07) is 5.96. The minimum atomic E-state index is -4.57. The first-order chi connectivity index (χ1) is 8.47. The molecule has 0 atom stereocenters. The second-order valence-corrected chi connectivity index (χ2v) is 3.55. The van der Waals surface area contributed by atoms with Crippen LogP contribution in [0.1, 0.15) is 5.69 Å². The zero-order valence-corrected chi connectivity index (χ0v) is 9.38. The number of pyridine rings is 1. The number of alkyl halides is 3. The Balaban J connectivity index is 2.77. The maximum atomic E-state index is 12.8. The molecule has 2 aromatic rings. The number of halogens is 3. The lowest BCUT2D eigenvalue weighted by Crippen LogP contribution is -2.16. The van der Waals surface area contributed by atoms with Crippen LogP contribution in [0.2, 0.25) is 0 Å². The third-order valence-corrected chi connectivity index (χ3v) is 2.46. The van der Waals surface area contributed by atoms with Crippen LogP contribution in [-0.4, -0.2) is 12.1 Å². The molecule has 0 spiro atoms. The Hall–Kier alpha value is -2.02. The molecule has 3 N–H and O–H groups in total. The number of nitrogens with zero attached hydrogens (tertiary/aromatic N) is 1. The van der Waals surface area contributed by atoms with Gasteiger partial charge in [-0.15, -0.1) is 0 Å². The van der Waals surface area contributed by atoms with Gasteiger partial charge in [-0.25, -0.2) is 4.98 Å². The molecule has 0 aliphatic heterocycles. The van der Waals surface area contributed by atoms with Crippen LogP contribution in [0.3, 0.4) is 0 Å². The van der Waals surface area contributed by atoms with Gasteiger partial charge in [0.1, 0.15) is 5.75 Å². The van der Waals surface area contributed by atoms with E-state index in [1.165, 1.54) is 19.2 Å². The van der Waals surface area contributed by atoms with E-state index in [9.17, 15) is 13.2 Å². The number of ether oxygens (including phenoxy) is 1. The molecule has 1 aromatic heterocycles. The zero-order chi connectivity index (χ0) is 13.3. The van der Waals surface area contributed by atoms with Gasteiger partial charge in [0.25, 0.3) is 0 Å². The van der Waals surface area contributed by atoms with Crippen LogP contribution < -0.4 is 16.0 Å². The second-order valence-electron chi connectivity index (χ2n) is 3.55. The Kier molecular flexibility index (Phi) is 3.00. The number of nitrogen functional groups attached to an aromatic ring is 1. The quantitative estimate of drug-likeness (QED) is 0.641. The molecule has 4 nitrogen and oxygen atoms in total. The van der Waals surface area contributed by atoms with Gasteiger partial charge < -0.3 is 10.2 Å². The Morgan fingerprint density at radius 2 is 2.06 bits per heavy atom. The lowest BCUT2D eigenvalue weighted by atomic mass is 10.1. The largest absolute Gasteiger partial charge is 0.496 e. The summed E-state index contributed by atoms with van der Waals surface area (Å²) in [5, 5.41) is 0.459. The fraction of sp³-hybridized carbons (Fsp3) is 0.182. The molecular formula is C11H10F3N3O. The molecule has 18 heavy (non-hydrogen) atoms. The minimum Gasteiger partial charge on any atom is -0.496 e. The van der Waals surface area contributed by atoms with Crippen LogP contribution in [0, 0.1) is 0 Å². The van der Waals surface area contributed by atoms with E-state index in [2.05, 4.69) is 4.98 Å². The highest BCUT2D eigenvalue weighted by Gasteiger charge is 2.36. The molecule has 0 radical (unpaired) electrons. The average Bonchev–Trinajstić information content (AvgIpc) is 2.35. The van der Waals surface area contributed by atoms with Gasteiger partial charge in [0, 0.05) is 5.39 Å². The summed E-state index contributed by atoms with van der Waals surface area (Å²) in [6.07, 6.45) is -4.57. The number of fused-ring (bicyclic) bond motifs is 1. The number of hydrazine groups is 1. The SMILES string of the molecule is COc1cccc2nc(C(F)(F)F)c(NN)cc12. The topological polar surface area (TPSA) is 60.2 Å². The van der Waals surface area contributed by atoms with E-state index in [0.29, 0.717) is 11.1 Å². The highest BCUT2D eigenvalue weighted by molar-refractivity contribution is 5.88. The number of nitrogens with two attached hydrogens (primary N) is 1. The first kappa shape index (κ1) is 12.4. The van der Waals surface area contributed by atoms with Crippen molar-refractivity contribution in [3.8, 4) is 5.75 Å². The van der Waals surface area contributed by atoms with E-state index >= 15 is 0 Å². The van der Waals surface area contributed by atoms with Crippen molar-refractivity contribution in [3.63, 3.8) is 0 Å². The molecular weight excluding hydrogens is 247 g/mol. The highest BCUT2D eigenvalue weighted by Crippen LogP contribution is 2.36. The van der Waals surface area contributed by atoms with E-state index in [4.69, 9.17) is 10.6 Å². The number of methoxy groups -OCH3 is 1. The van der Waals surface area contributed by atoms with Crippen LogP contribution in [0.15, 0.2) is 24.3 Å². The van der Waals surface area contributed by atoms with Crippen molar-refractivity contribution in [2.24, 2.45) is 5.84 Å². The number of hydrogen-bond acceptors (Lipinski definition) is 4. The Bertz CT molecular complexity index is 583. The second kappa shape index (κ2) is 4.34. The third kappa shape index (κ3) is 2.04. The first-order valence-electron chi connectivity index (χ1n) is 4.99. The highest BCUT2D eigenvalue weighted by atomic mass is 19.4. The van der Waals surface area contributed by atoms with E-state index in [0.717, 1.165) is 0 Å². The van der Waals surface area contributed by atoms with Crippen LogP contribution >= 0.6 is 0 Å². The standard InChI is InChI=1S/C11H10F3N3O/c1-18-9-4-2-3-7-6(9)5-8(17-15)10(16-7)11(12,13)14/h2-5,17H,15H2,1H3. The summed E-state index contributed by atoms with van der Waals surface area (Å²) < 4.78 is 43.3. The molecule has 0 saturated carbocycles. The number of benzene rings is 1. The maximum absolute atomic E-state index is 12.8. The fourth-order valence-corrected chi connectivity index (χ4v) is 1.67. The van der Waals surface area contributed by atoms with Gasteiger partial charge in [0.15, 0.2) is 5.69 Å². The summed E-state index contributed by atoms with van der Waals surface area (Å²) in [5.74, 6) is 5.53. The monoisotopic (exact) mass is 257 g/mol. The Morgan fingerprint density at radius 1 is 1.33 bits per heavy atom. The van der Waals surface area contributed by atoms with Crippen molar-refractivity contribution in [1.29, 1.82) is 0 Å². The summed E-state index contributed by atoms with van der Waals surface area (Å²) in [4.78, 5) is 3.58. The van der Waals surface area contributed by atoms with Gasteiger partial charge in [0.05, 0.1) is 18.3 Å². The summed E-state index contributed by atoms with van der Waals surface area (Å²) in [6.45, 7) is 0. The number of anilines is 1. The number of rotatable bonds is 2. The van der Waals surface area contributed by atoms with Gasteiger partial charge in [-0.1, -0.05) is 6.07 Å². The van der Waals surface area contributed by atoms with Crippen LogP contribution in [0.4, 0.5) is 18.9 Å². The van der Waals surface area contributed by atoms with E-state index < -0.39 is 11.9 Å². The number of hydrogen-bond donors (Lipinski definition) is 2. The van der Waals surface area contributed by atoms with Crippen molar-refractivity contribution in [3.05, 3.63) is 30.0 Å². The Morgan fingerprint density at radius 3 is 2.61 bits per heavy atom. The van der Waals surface area contributed by atoms with Gasteiger partial charge in [-0.2, -0.15) is 13.2 Å². The summed E-state index contributed by atoms with van der Waals surface area (Å²) >= 11 is 0. The van der Waals surface area contributed by atoms with Crippen LogP contribution in [-0.2, 0) is 6.18 Å². The van der Waals surface area contributed by atoms with Crippen LogP contribution in [0.25, 0.3) is 10.9 Å². The fourth-order valence-electron chi connectivity index (χ4n) is 1.67. The van der Waals surface area contributed by atoms with E-state index in [1.807, 2.05) is 5.43 Å². The molecule has 0 fully saturated rings. The predicted octanol–water partition coefficient (Wildman–Crippen LogP) is 2.55. The molecule has 2 rings (SSSR count). The molecule has 7 heteroatoms. The molecule has 96 valence electrons. The van der Waals surface area contributed by atoms with Crippen molar-refractivity contribution >= 4 is 16.6 Å².